The third-order valence-corrected chi connectivity index (χ3v) is 2.99. The Morgan fingerprint density at radius 2 is 2.25 bits per heavy atom. The van der Waals surface area contributed by atoms with Crippen LogP contribution in [0.4, 0.5) is 5.82 Å². The van der Waals surface area contributed by atoms with Gasteiger partial charge in [-0.25, -0.2) is 4.98 Å². The molecule has 0 radical (unpaired) electrons. The second kappa shape index (κ2) is 5.30. The minimum Gasteiger partial charge on any atom is -0.356 e. The van der Waals surface area contributed by atoms with Crippen molar-refractivity contribution >= 4 is 5.82 Å². The molecule has 0 aromatic carbocycles. The number of nitrogens with two attached hydrogens (primary N) is 1. The highest BCUT2D eigenvalue weighted by molar-refractivity contribution is 5.39. The zero-order chi connectivity index (χ0) is 11.4. The Morgan fingerprint density at radius 3 is 2.88 bits per heavy atom. The summed E-state index contributed by atoms with van der Waals surface area (Å²) >= 11 is 0. The molecule has 0 aliphatic heterocycles. The van der Waals surface area contributed by atoms with Crippen molar-refractivity contribution in [3.05, 3.63) is 23.9 Å². The highest BCUT2D eigenvalue weighted by Gasteiger charge is 2.24. The molecule has 0 saturated heterocycles. The van der Waals surface area contributed by atoms with E-state index in [2.05, 4.69) is 28.9 Å². The Bertz CT molecular complexity index is 334. The molecular formula is C13H21N3. The Kier molecular flexibility index (Phi) is 3.78. The first kappa shape index (κ1) is 11.4. The molecular weight excluding hydrogens is 198 g/mol. The van der Waals surface area contributed by atoms with Crippen molar-refractivity contribution in [2.24, 2.45) is 11.7 Å². The SMILES string of the molecule is CCCN(CC1CC1)c1cccc(CN)n1. The van der Waals surface area contributed by atoms with E-state index in [0.717, 1.165) is 30.5 Å². The molecule has 0 amide bonds. The molecule has 0 spiro atoms. The van der Waals surface area contributed by atoms with E-state index in [1.54, 1.807) is 0 Å². The molecule has 0 bridgehead atoms. The van der Waals surface area contributed by atoms with Crippen molar-refractivity contribution in [3.63, 3.8) is 0 Å². The van der Waals surface area contributed by atoms with Crippen molar-refractivity contribution in [2.45, 2.75) is 32.7 Å². The summed E-state index contributed by atoms with van der Waals surface area (Å²) in [6.45, 7) is 5.00. The highest BCUT2D eigenvalue weighted by atomic mass is 15.2. The molecule has 1 aromatic rings. The molecule has 0 unspecified atom stereocenters. The molecule has 1 aromatic heterocycles. The quantitative estimate of drug-likeness (QED) is 0.797. The predicted octanol–water partition coefficient (Wildman–Crippen LogP) is 2.17. The molecule has 1 saturated carbocycles. The zero-order valence-corrected chi connectivity index (χ0v) is 10.0. The Labute approximate surface area is 97.7 Å². The Hall–Kier alpha value is -1.09. The van der Waals surface area contributed by atoms with Gasteiger partial charge in [-0.3, -0.25) is 0 Å². The average Bonchev–Trinajstić information content (AvgIpc) is 3.12. The fourth-order valence-electron chi connectivity index (χ4n) is 1.94. The molecule has 1 aliphatic carbocycles. The molecule has 0 atom stereocenters. The number of rotatable bonds is 6. The number of pyridine rings is 1. The summed E-state index contributed by atoms with van der Waals surface area (Å²) in [6.07, 6.45) is 3.94. The van der Waals surface area contributed by atoms with Crippen molar-refractivity contribution < 1.29 is 0 Å². The lowest BCUT2D eigenvalue weighted by molar-refractivity contribution is 0.697. The van der Waals surface area contributed by atoms with E-state index in [1.807, 2.05) is 6.07 Å². The van der Waals surface area contributed by atoms with Gasteiger partial charge in [0.1, 0.15) is 5.82 Å². The fraction of sp³-hybridized carbons (Fsp3) is 0.615. The van der Waals surface area contributed by atoms with Crippen LogP contribution in [0.5, 0.6) is 0 Å². The number of hydrogen-bond acceptors (Lipinski definition) is 3. The second-order valence-electron chi connectivity index (χ2n) is 4.58. The second-order valence-corrected chi connectivity index (χ2v) is 4.58. The molecule has 2 rings (SSSR count). The molecule has 3 heteroatoms. The maximum atomic E-state index is 5.63. The molecule has 16 heavy (non-hydrogen) atoms. The van der Waals surface area contributed by atoms with E-state index >= 15 is 0 Å². The van der Waals surface area contributed by atoms with Gasteiger partial charge < -0.3 is 10.6 Å². The third-order valence-electron chi connectivity index (χ3n) is 2.99. The van der Waals surface area contributed by atoms with Gasteiger partial charge in [0.15, 0.2) is 0 Å². The summed E-state index contributed by atoms with van der Waals surface area (Å²) < 4.78 is 0. The molecule has 1 aliphatic rings. The summed E-state index contributed by atoms with van der Waals surface area (Å²) in [4.78, 5) is 6.99. The first-order chi connectivity index (χ1) is 7.83. The molecule has 1 heterocycles. The molecule has 88 valence electrons. The summed E-state index contributed by atoms with van der Waals surface area (Å²) in [5.74, 6) is 1.99. The standard InChI is InChI=1S/C13H21N3/c1-2-8-16(10-11-6-7-11)13-5-3-4-12(9-14)15-13/h3-5,11H,2,6-10,14H2,1H3. The summed E-state index contributed by atoms with van der Waals surface area (Å²) in [5, 5.41) is 0. The highest BCUT2D eigenvalue weighted by Crippen LogP contribution is 2.31. The van der Waals surface area contributed by atoms with E-state index in [9.17, 15) is 0 Å². The van der Waals surface area contributed by atoms with Crippen LogP contribution in [-0.2, 0) is 6.54 Å². The van der Waals surface area contributed by atoms with E-state index in [0.29, 0.717) is 6.54 Å². The van der Waals surface area contributed by atoms with Gasteiger partial charge in [0.25, 0.3) is 0 Å². The normalized spacial score (nSPS) is 15.1. The first-order valence-electron chi connectivity index (χ1n) is 6.24. The molecule has 1 fully saturated rings. The smallest absolute Gasteiger partial charge is 0.128 e. The summed E-state index contributed by atoms with van der Waals surface area (Å²) in [7, 11) is 0. The number of hydrogen-bond donors (Lipinski definition) is 1. The lowest BCUT2D eigenvalue weighted by Crippen LogP contribution is -2.27. The van der Waals surface area contributed by atoms with Crippen LogP contribution >= 0.6 is 0 Å². The van der Waals surface area contributed by atoms with Gasteiger partial charge >= 0.3 is 0 Å². The average molecular weight is 219 g/mol. The van der Waals surface area contributed by atoms with Gasteiger partial charge in [0.05, 0.1) is 5.69 Å². The third kappa shape index (κ3) is 2.95. The van der Waals surface area contributed by atoms with Gasteiger partial charge in [-0.1, -0.05) is 13.0 Å². The lowest BCUT2D eigenvalue weighted by Gasteiger charge is -2.23. The zero-order valence-electron chi connectivity index (χ0n) is 10.0. The lowest BCUT2D eigenvalue weighted by atomic mass is 10.3. The Balaban J connectivity index is 2.08. The van der Waals surface area contributed by atoms with Gasteiger partial charge in [-0.05, 0) is 37.3 Å². The Morgan fingerprint density at radius 1 is 1.44 bits per heavy atom. The van der Waals surface area contributed by atoms with Crippen LogP contribution in [0, 0.1) is 5.92 Å². The van der Waals surface area contributed by atoms with E-state index in [1.165, 1.54) is 19.3 Å². The van der Waals surface area contributed by atoms with Crippen molar-refractivity contribution in [1.29, 1.82) is 0 Å². The number of anilines is 1. The van der Waals surface area contributed by atoms with Crippen molar-refractivity contribution in [3.8, 4) is 0 Å². The van der Waals surface area contributed by atoms with Crippen LogP contribution in [0.1, 0.15) is 31.9 Å². The van der Waals surface area contributed by atoms with E-state index < -0.39 is 0 Å². The minimum atomic E-state index is 0.525. The van der Waals surface area contributed by atoms with Crippen molar-refractivity contribution in [1.82, 2.24) is 4.98 Å². The van der Waals surface area contributed by atoms with Gasteiger partial charge in [-0.15, -0.1) is 0 Å². The monoisotopic (exact) mass is 219 g/mol. The largest absolute Gasteiger partial charge is 0.356 e. The number of aromatic nitrogens is 1. The van der Waals surface area contributed by atoms with Crippen LogP contribution < -0.4 is 10.6 Å². The predicted molar refractivity (Wildman–Crippen MR) is 67.4 cm³/mol. The first-order valence-corrected chi connectivity index (χ1v) is 6.24. The van der Waals surface area contributed by atoms with Crippen LogP contribution in [-0.4, -0.2) is 18.1 Å². The molecule has 2 N–H and O–H groups in total. The topological polar surface area (TPSA) is 42.1 Å². The fourth-order valence-corrected chi connectivity index (χ4v) is 1.94. The maximum Gasteiger partial charge on any atom is 0.128 e. The number of nitrogens with zero attached hydrogens (tertiary/aromatic N) is 2. The van der Waals surface area contributed by atoms with E-state index in [-0.39, 0.29) is 0 Å². The van der Waals surface area contributed by atoms with E-state index in [4.69, 9.17) is 5.73 Å². The van der Waals surface area contributed by atoms with Crippen LogP contribution in [0.15, 0.2) is 18.2 Å². The minimum absolute atomic E-state index is 0.525. The van der Waals surface area contributed by atoms with Crippen LogP contribution in [0.25, 0.3) is 0 Å². The van der Waals surface area contributed by atoms with Crippen molar-refractivity contribution in [2.75, 3.05) is 18.0 Å². The van der Waals surface area contributed by atoms with Gasteiger partial charge in [0, 0.05) is 19.6 Å². The summed E-state index contributed by atoms with van der Waals surface area (Å²) in [5.41, 5.74) is 6.61. The maximum absolute atomic E-state index is 5.63. The van der Waals surface area contributed by atoms with Gasteiger partial charge in [0.2, 0.25) is 0 Å². The van der Waals surface area contributed by atoms with Gasteiger partial charge in [-0.2, -0.15) is 0 Å². The molecule has 3 nitrogen and oxygen atoms in total. The summed E-state index contributed by atoms with van der Waals surface area (Å²) in [6, 6.07) is 6.14. The van der Waals surface area contributed by atoms with Crippen LogP contribution in [0.2, 0.25) is 0 Å². The van der Waals surface area contributed by atoms with Crippen LogP contribution in [0.3, 0.4) is 0 Å².